The zero-order valence-electron chi connectivity index (χ0n) is 9.47. The molecule has 2 aliphatic rings. The summed E-state index contributed by atoms with van der Waals surface area (Å²) in [7, 11) is 0. The summed E-state index contributed by atoms with van der Waals surface area (Å²) in [5.74, 6) is -0.363. The Morgan fingerprint density at radius 1 is 1.65 bits per heavy atom. The molecule has 0 aromatic carbocycles. The van der Waals surface area contributed by atoms with E-state index in [4.69, 9.17) is 22.1 Å². The Kier molecular flexibility index (Phi) is 3.38. The second-order valence-electron chi connectivity index (χ2n) is 4.14. The first-order chi connectivity index (χ1) is 7.93. The molecular formula is C10H13ClN2O3S. The number of amides is 1. The van der Waals surface area contributed by atoms with Gasteiger partial charge in [0.25, 0.3) is 0 Å². The molecule has 2 N–H and O–H groups in total. The van der Waals surface area contributed by atoms with Crippen LogP contribution < -0.4 is 5.73 Å². The van der Waals surface area contributed by atoms with Crippen LogP contribution in [0.2, 0.25) is 0 Å². The summed E-state index contributed by atoms with van der Waals surface area (Å²) in [6.07, 6.45) is -0.252. The maximum Gasteiger partial charge on any atom is 0.356 e. The number of hydrogen-bond donors (Lipinski definition) is 1. The molecule has 1 amide bonds. The van der Waals surface area contributed by atoms with Crippen LogP contribution in [-0.2, 0) is 14.3 Å². The molecule has 94 valence electrons. The summed E-state index contributed by atoms with van der Waals surface area (Å²) < 4.78 is 5.07. The highest BCUT2D eigenvalue weighted by Crippen LogP contribution is 2.40. The minimum Gasteiger partial charge on any atom is -0.458 e. The molecule has 1 fully saturated rings. The molecule has 1 saturated heterocycles. The number of carbonyl (C=O) groups excluding carboxylic acids is 2. The number of halogens is 1. The molecule has 0 aromatic rings. The summed E-state index contributed by atoms with van der Waals surface area (Å²) in [4.78, 5) is 24.8. The summed E-state index contributed by atoms with van der Waals surface area (Å²) >= 11 is 7.45. The number of thioether (sulfide) groups is 1. The van der Waals surface area contributed by atoms with Crippen LogP contribution in [0.1, 0.15) is 13.8 Å². The van der Waals surface area contributed by atoms with Gasteiger partial charge in [-0.1, -0.05) is 11.6 Å². The van der Waals surface area contributed by atoms with Crippen molar-refractivity contribution in [2.75, 3.05) is 5.75 Å². The van der Waals surface area contributed by atoms with E-state index in [1.54, 1.807) is 13.8 Å². The van der Waals surface area contributed by atoms with Crippen LogP contribution in [0.5, 0.6) is 0 Å². The van der Waals surface area contributed by atoms with Crippen LogP contribution in [0, 0.1) is 0 Å². The van der Waals surface area contributed by atoms with Crippen molar-refractivity contribution < 1.29 is 14.3 Å². The number of ether oxygens (including phenoxy) is 1. The molecule has 0 aromatic heterocycles. The highest BCUT2D eigenvalue weighted by molar-refractivity contribution is 8.00. The molecule has 17 heavy (non-hydrogen) atoms. The van der Waals surface area contributed by atoms with Gasteiger partial charge in [-0.2, -0.15) is 0 Å². The van der Waals surface area contributed by atoms with Gasteiger partial charge >= 0.3 is 5.97 Å². The molecule has 0 spiro atoms. The summed E-state index contributed by atoms with van der Waals surface area (Å²) in [6, 6.07) is -0.549. The highest BCUT2D eigenvalue weighted by Gasteiger charge is 2.52. The van der Waals surface area contributed by atoms with Crippen molar-refractivity contribution in [3.05, 3.63) is 10.7 Å². The van der Waals surface area contributed by atoms with E-state index in [0.29, 0.717) is 10.8 Å². The van der Waals surface area contributed by atoms with Crippen molar-refractivity contribution in [3.63, 3.8) is 0 Å². The number of carbonyl (C=O) groups is 2. The lowest BCUT2D eigenvalue weighted by Crippen LogP contribution is -2.68. The minimum absolute atomic E-state index is 0.149. The van der Waals surface area contributed by atoms with Gasteiger partial charge in [-0.05, 0) is 13.8 Å². The average Bonchev–Trinajstić information content (AvgIpc) is 2.26. The Hall–Kier alpha value is -0.720. The zero-order chi connectivity index (χ0) is 12.7. The Labute approximate surface area is 108 Å². The van der Waals surface area contributed by atoms with Crippen molar-refractivity contribution in [1.29, 1.82) is 0 Å². The van der Waals surface area contributed by atoms with Crippen LogP contribution in [0.25, 0.3) is 0 Å². The molecular weight excluding hydrogens is 264 g/mol. The lowest BCUT2D eigenvalue weighted by atomic mass is 10.1. The van der Waals surface area contributed by atoms with Gasteiger partial charge in [0, 0.05) is 5.75 Å². The molecule has 1 unspecified atom stereocenters. The van der Waals surface area contributed by atoms with Gasteiger partial charge in [-0.3, -0.25) is 9.69 Å². The Morgan fingerprint density at radius 3 is 2.88 bits per heavy atom. The van der Waals surface area contributed by atoms with Crippen molar-refractivity contribution in [3.8, 4) is 0 Å². The van der Waals surface area contributed by atoms with E-state index < -0.39 is 12.0 Å². The lowest BCUT2D eigenvalue weighted by Gasteiger charge is -2.47. The van der Waals surface area contributed by atoms with Gasteiger partial charge in [-0.25, -0.2) is 4.79 Å². The maximum atomic E-state index is 11.9. The quantitative estimate of drug-likeness (QED) is 0.592. The molecule has 0 aliphatic carbocycles. The number of esters is 1. The van der Waals surface area contributed by atoms with Crippen molar-refractivity contribution in [2.24, 2.45) is 5.73 Å². The Balaban J connectivity index is 2.24. The first kappa shape index (κ1) is 12.7. The molecule has 2 heterocycles. The van der Waals surface area contributed by atoms with E-state index >= 15 is 0 Å². The van der Waals surface area contributed by atoms with Crippen LogP contribution >= 0.6 is 23.4 Å². The minimum atomic E-state index is -0.560. The third kappa shape index (κ3) is 2.05. The predicted molar refractivity (Wildman–Crippen MR) is 65.2 cm³/mol. The fourth-order valence-electron chi connectivity index (χ4n) is 1.74. The maximum absolute atomic E-state index is 11.9. The fraction of sp³-hybridized carbons (Fsp3) is 0.600. The van der Waals surface area contributed by atoms with E-state index in [-0.39, 0.29) is 23.1 Å². The van der Waals surface area contributed by atoms with E-state index in [2.05, 4.69) is 0 Å². The highest BCUT2D eigenvalue weighted by atomic mass is 35.5. The first-order valence-electron chi connectivity index (χ1n) is 5.23. The second kappa shape index (κ2) is 4.51. The first-order valence-corrected chi connectivity index (χ1v) is 6.66. The van der Waals surface area contributed by atoms with Crippen LogP contribution in [0.4, 0.5) is 0 Å². The monoisotopic (exact) mass is 276 g/mol. The summed E-state index contributed by atoms with van der Waals surface area (Å²) in [5, 5.41) is 0.150. The van der Waals surface area contributed by atoms with Crippen molar-refractivity contribution in [1.82, 2.24) is 4.90 Å². The lowest BCUT2D eigenvalue weighted by molar-refractivity contribution is -0.152. The van der Waals surface area contributed by atoms with Crippen LogP contribution in [0.3, 0.4) is 0 Å². The number of β-lactam (4-membered cyclic amide) rings is 1. The molecule has 7 heteroatoms. The molecule has 2 aliphatic heterocycles. The number of nitrogens with two attached hydrogens (primary N) is 1. The normalized spacial score (nSPS) is 28.1. The third-order valence-electron chi connectivity index (χ3n) is 2.50. The summed E-state index contributed by atoms with van der Waals surface area (Å²) in [6.45, 7) is 3.48. The predicted octanol–water partition coefficient (Wildman–Crippen LogP) is 0.631. The van der Waals surface area contributed by atoms with Crippen LogP contribution in [-0.4, -0.2) is 40.0 Å². The van der Waals surface area contributed by atoms with Gasteiger partial charge in [0.2, 0.25) is 5.91 Å². The molecule has 0 bridgehead atoms. The zero-order valence-corrected chi connectivity index (χ0v) is 11.0. The van der Waals surface area contributed by atoms with Gasteiger partial charge in [0.05, 0.1) is 11.1 Å². The second-order valence-corrected chi connectivity index (χ2v) is 5.70. The number of rotatable bonds is 2. The van der Waals surface area contributed by atoms with Crippen molar-refractivity contribution in [2.45, 2.75) is 31.4 Å². The molecule has 2 atom stereocenters. The van der Waals surface area contributed by atoms with E-state index in [1.807, 2.05) is 0 Å². The Morgan fingerprint density at radius 2 is 2.29 bits per heavy atom. The smallest absolute Gasteiger partial charge is 0.356 e. The topological polar surface area (TPSA) is 72.6 Å². The third-order valence-corrected chi connectivity index (χ3v) is 4.27. The van der Waals surface area contributed by atoms with Gasteiger partial charge < -0.3 is 10.5 Å². The van der Waals surface area contributed by atoms with Gasteiger partial charge in [0.1, 0.15) is 17.1 Å². The Bertz CT molecular complexity index is 410. The van der Waals surface area contributed by atoms with Gasteiger partial charge in [-0.15, -0.1) is 11.8 Å². The number of fused-ring (bicyclic) bond motifs is 1. The van der Waals surface area contributed by atoms with E-state index in [9.17, 15) is 9.59 Å². The molecule has 5 nitrogen and oxygen atoms in total. The number of hydrogen-bond acceptors (Lipinski definition) is 5. The molecule has 0 radical (unpaired) electrons. The SMILES string of the molecule is CC(C)OC(=O)C1=C(Cl)CS[C@@H]2C(N)C(=O)N12. The van der Waals surface area contributed by atoms with Crippen LogP contribution in [0.15, 0.2) is 10.7 Å². The summed E-state index contributed by atoms with van der Waals surface area (Å²) in [5.41, 5.74) is 5.80. The van der Waals surface area contributed by atoms with E-state index in [0.717, 1.165) is 0 Å². The fourth-order valence-corrected chi connectivity index (χ4v) is 3.23. The van der Waals surface area contributed by atoms with Crippen molar-refractivity contribution >= 4 is 35.2 Å². The average molecular weight is 277 g/mol. The van der Waals surface area contributed by atoms with E-state index in [1.165, 1.54) is 16.7 Å². The molecule has 2 rings (SSSR count). The standard InChI is InChI=1S/C10H13ClN2O3S/c1-4(2)16-10(15)7-5(11)3-17-9-6(12)8(14)13(7)9/h4,6,9H,3,12H2,1-2H3/t6?,9-/m1/s1. The molecule has 0 saturated carbocycles. The largest absolute Gasteiger partial charge is 0.458 e. The number of nitrogens with zero attached hydrogens (tertiary/aromatic N) is 1. The van der Waals surface area contributed by atoms with Gasteiger partial charge in [0.15, 0.2) is 0 Å².